The van der Waals surface area contributed by atoms with Gasteiger partial charge in [0.2, 0.25) is 0 Å². The predicted molar refractivity (Wildman–Crippen MR) is 65.8 cm³/mol. The molecule has 0 aliphatic carbocycles. The van der Waals surface area contributed by atoms with Crippen LogP contribution in [-0.2, 0) is 0 Å². The molecule has 3 nitrogen and oxygen atoms in total. The van der Waals surface area contributed by atoms with Crippen molar-refractivity contribution in [1.82, 2.24) is 0 Å². The molecule has 4 heteroatoms. The molecule has 1 heterocycles. The van der Waals surface area contributed by atoms with Crippen molar-refractivity contribution in [2.45, 2.75) is 12.5 Å². The molecule has 0 spiro atoms. The average Bonchev–Trinajstić information content (AvgIpc) is 2.81. The second-order valence-corrected chi connectivity index (χ2v) is 5.19. The highest BCUT2D eigenvalue weighted by Crippen LogP contribution is 2.33. The Morgan fingerprint density at radius 3 is 2.88 bits per heavy atom. The van der Waals surface area contributed by atoms with Gasteiger partial charge in [0.15, 0.2) is 0 Å². The lowest BCUT2D eigenvalue weighted by Crippen LogP contribution is -2.23. The van der Waals surface area contributed by atoms with Crippen LogP contribution in [-0.4, -0.2) is 22.6 Å². The average molecular weight is 237 g/mol. The van der Waals surface area contributed by atoms with E-state index in [1.807, 2.05) is 23.9 Å². The van der Waals surface area contributed by atoms with Crippen LogP contribution >= 0.6 is 11.8 Å². The van der Waals surface area contributed by atoms with E-state index < -0.39 is 5.97 Å². The number of thioether (sulfide) groups is 1. The fourth-order valence-electron chi connectivity index (χ4n) is 2.07. The van der Waals surface area contributed by atoms with E-state index in [0.29, 0.717) is 11.5 Å². The smallest absolute Gasteiger partial charge is 0.336 e. The van der Waals surface area contributed by atoms with Gasteiger partial charge in [0.25, 0.3) is 0 Å². The van der Waals surface area contributed by atoms with Crippen molar-refractivity contribution in [2.75, 3.05) is 11.5 Å². The van der Waals surface area contributed by atoms with Crippen LogP contribution in [0.1, 0.15) is 28.4 Å². The number of benzene rings is 1. The van der Waals surface area contributed by atoms with Crippen LogP contribution in [0.25, 0.3) is 0 Å². The molecule has 0 amide bonds. The molecule has 1 aromatic carbocycles. The van der Waals surface area contributed by atoms with Crippen LogP contribution in [0, 0.1) is 5.92 Å². The topological polar surface area (TPSA) is 63.3 Å². The third-order valence-corrected chi connectivity index (χ3v) is 4.21. The van der Waals surface area contributed by atoms with Crippen molar-refractivity contribution in [3.05, 3.63) is 35.4 Å². The lowest BCUT2D eigenvalue weighted by molar-refractivity contribution is 0.0694. The molecule has 1 aliphatic rings. The lowest BCUT2D eigenvalue weighted by atomic mass is 9.90. The molecule has 3 N–H and O–H groups in total. The summed E-state index contributed by atoms with van der Waals surface area (Å²) in [4.78, 5) is 11.1. The molecule has 2 rings (SSSR count). The van der Waals surface area contributed by atoms with Gasteiger partial charge < -0.3 is 10.8 Å². The number of carboxylic acids is 1. The van der Waals surface area contributed by atoms with Gasteiger partial charge in [0, 0.05) is 6.04 Å². The van der Waals surface area contributed by atoms with Gasteiger partial charge in [-0.1, -0.05) is 18.2 Å². The Labute approximate surface area is 99.0 Å². The minimum atomic E-state index is -0.892. The van der Waals surface area contributed by atoms with Crippen LogP contribution in [0.2, 0.25) is 0 Å². The quantitative estimate of drug-likeness (QED) is 0.845. The highest BCUT2D eigenvalue weighted by Gasteiger charge is 2.26. The summed E-state index contributed by atoms with van der Waals surface area (Å²) >= 11 is 1.89. The van der Waals surface area contributed by atoms with Gasteiger partial charge in [0.05, 0.1) is 5.56 Å². The zero-order valence-corrected chi connectivity index (χ0v) is 9.74. The van der Waals surface area contributed by atoms with Crippen molar-refractivity contribution in [3.63, 3.8) is 0 Å². The van der Waals surface area contributed by atoms with Gasteiger partial charge >= 0.3 is 5.97 Å². The van der Waals surface area contributed by atoms with E-state index in [1.165, 1.54) is 0 Å². The Balaban J connectivity index is 2.27. The van der Waals surface area contributed by atoms with Crippen molar-refractivity contribution in [3.8, 4) is 0 Å². The van der Waals surface area contributed by atoms with Gasteiger partial charge in [-0.15, -0.1) is 0 Å². The monoisotopic (exact) mass is 237 g/mol. The van der Waals surface area contributed by atoms with E-state index in [1.54, 1.807) is 12.1 Å². The Bertz CT molecular complexity index is 388. The van der Waals surface area contributed by atoms with Crippen LogP contribution in [0.4, 0.5) is 0 Å². The molecular formula is C12H15NO2S. The van der Waals surface area contributed by atoms with Gasteiger partial charge in [-0.3, -0.25) is 0 Å². The van der Waals surface area contributed by atoms with Gasteiger partial charge in [0.1, 0.15) is 0 Å². The summed E-state index contributed by atoms with van der Waals surface area (Å²) in [7, 11) is 0. The molecule has 1 aliphatic heterocycles. The highest BCUT2D eigenvalue weighted by molar-refractivity contribution is 7.99. The molecule has 16 heavy (non-hydrogen) atoms. The second kappa shape index (κ2) is 4.89. The summed E-state index contributed by atoms with van der Waals surface area (Å²) in [5.74, 6) is 1.69. The summed E-state index contributed by atoms with van der Waals surface area (Å²) in [5.41, 5.74) is 7.27. The van der Waals surface area contributed by atoms with E-state index >= 15 is 0 Å². The Morgan fingerprint density at radius 2 is 2.25 bits per heavy atom. The minimum Gasteiger partial charge on any atom is -0.478 e. The maximum absolute atomic E-state index is 11.1. The predicted octanol–water partition coefficient (Wildman–Crippen LogP) is 2.14. The molecule has 0 aromatic heterocycles. The first-order valence-corrected chi connectivity index (χ1v) is 6.51. The minimum absolute atomic E-state index is 0.151. The van der Waals surface area contributed by atoms with Crippen LogP contribution < -0.4 is 5.73 Å². The van der Waals surface area contributed by atoms with Crippen LogP contribution in [0.15, 0.2) is 24.3 Å². The summed E-state index contributed by atoms with van der Waals surface area (Å²) in [6.45, 7) is 0. The molecule has 2 unspecified atom stereocenters. The molecule has 2 atom stereocenters. The lowest BCUT2D eigenvalue weighted by Gasteiger charge is -2.20. The van der Waals surface area contributed by atoms with Crippen LogP contribution in [0.3, 0.4) is 0 Å². The van der Waals surface area contributed by atoms with Gasteiger partial charge in [-0.2, -0.15) is 11.8 Å². The number of nitrogens with two attached hydrogens (primary N) is 1. The molecule has 1 saturated heterocycles. The van der Waals surface area contributed by atoms with E-state index in [4.69, 9.17) is 10.8 Å². The van der Waals surface area contributed by atoms with E-state index in [2.05, 4.69) is 0 Å². The second-order valence-electron chi connectivity index (χ2n) is 4.04. The van der Waals surface area contributed by atoms with Gasteiger partial charge in [-0.25, -0.2) is 4.79 Å². The normalized spacial score (nSPS) is 21.9. The fourth-order valence-corrected chi connectivity index (χ4v) is 3.39. The van der Waals surface area contributed by atoms with E-state index in [9.17, 15) is 4.79 Å². The third-order valence-electron chi connectivity index (χ3n) is 3.02. The molecular weight excluding hydrogens is 222 g/mol. The Morgan fingerprint density at radius 1 is 1.50 bits per heavy atom. The van der Waals surface area contributed by atoms with Crippen molar-refractivity contribution >= 4 is 17.7 Å². The van der Waals surface area contributed by atoms with Crippen molar-refractivity contribution in [1.29, 1.82) is 0 Å². The molecule has 1 aromatic rings. The molecule has 0 bridgehead atoms. The number of aromatic carboxylic acids is 1. The highest BCUT2D eigenvalue weighted by atomic mass is 32.2. The zero-order chi connectivity index (χ0) is 11.5. The first-order chi connectivity index (χ1) is 7.70. The number of hydrogen-bond donors (Lipinski definition) is 2. The Hall–Kier alpha value is -1.00. The first-order valence-electron chi connectivity index (χ1n) is 5.35. The van der Waals surface area contributed by atoms with Crippen molar-refractivity contribution < 1.29 is 9.90 Å². The molecule has 1 fully saturated rings. The first kappa shape index (κ1) is 11.5. The maximum atomic E-state index is 11.1. The molecule has 86 valence electrons. The number of hydrogen-bond acceptors (Lipinski definition) is 3. The maximum Gasteiger partial charge on any atom is 0.336 e. The number of rotatable bonds is 3. The summed E-state index contributed by atoms with van der Waals surface area (Å²) in [6, 6.07) is 6.89. The SMILES string of the molecule is NC(c1ccccc1C(=O)O)C1CCSC1. The molecule has 0 saturated carbocycles. The standard InChI is InChI=1S/C12H15NO2S/c13-11(8-5-6-16-7-8)9-3-1-2-4-10(9)12(14)15/h1-4,8,11H,5-7,13H2,(H,14,15). The summed E-state index contributed by atoms with van der Waals surface area (Å²) < 4.78 is 0. The van der Waals surface area contributed by atoms with E-state index in [0.717, 1.165) is 23.5 Å². The van der Waals surface area contributed by atoms with Crippen LogP contribution in [0.5, 0.6) is 0 Å². The van der Waals surface area contributed by atoms with Crippen molar-refractivity contribution in [2.24, 2.45) is 11.7 Å². The largest absolute Gasteiger partial charge is 0.478 e. The summed E-state index contributed by atoms with van der Waals surface area (Å²) in [6.07, 6.45) is 1.08. The number of carbonyl (C=O) groups is 1. The summed E-state index contributed by atoms with van der Waals surface area (Å²) in [5, 5.41) is 9.10. The zero-order valence-electron chi connectivity index (χ0n) is 8.93. The Kier molecular flexibility index (Phi) is 3.51. The third kappa shape index (κ3) is 2.23. The fraction of sp³-hybridized carbons (Fsp3) is 0.417. The van der Waals surface area contributed by atoms with Gasteiger partial charge in [-0.05, 0) is 35.5 Å². The number of carboxylic acid groups (broad SMARTS) is 1. The molecule has 0 radical (unpaired) electrons. The van der Waals surface area contributed by atoms with E-state index in [-0.39, 0.29) is 6.04 Å².